The van der Waals surface area contributed by atoms with Crippen LogP contribution in [0.2, 0.25) is 0 Å². The third-order valence-electron chi connectivity index (χ3n) is 3.85. The molecular weight excluding hydrogens is 224 g/mol. The molecule has 0 spiro atoms. The zero-order chi connectivity index (χ0) is 13.1. The summed E-state index contributed by atoms with van der Waals surface area (Å²) in [7, 11) is 0. The van der Waals surface area contributed by atoms with Crippen molar-refractivity contribution < 1.29 is 9.53 Å². The molecule has 0 heterocycles. The van der Waals surface area contributed by atoms with Crippen LogP contribution in [0.25, 0.3) is 0 Å². The maximum absolute atomic E-state index is 11.4. The van der Waals surface area contributed by atoms with Crippen LogP contribution in [0.4, 0.5) is 0 Å². The van der Waals surface area contributed by atoms with Crippen molar-refractivity contribution in [3.63, 3.8) is 0 Å². The smallest absolute Gasteiger partial charge is 0.309 e. The molecule has 1 saturated carbocycles. The number of carbonyl (C=O) groups excluding carboxylic acids is 1. The minimum atomic E-state index is -0.109. The Labute approximate surface area is 112 Å². The molecule has 0 aromatic rings. The Kier molecular flexibility index (Phi) is 8.97. The molecule has 0 aliphatic heterocycles. The van der Waals surface area contributed by atoms with Crippen LogP contribution in [0, 0.1) is 12.3 Å². The molecule has 2 nitrogen and oxygen atoms in total. The van der Waals surface area contributed by atoms with Crippen LogP contribution in [0.3, 0.4) is 0 Å². The van der Waals surface area contributed by atoms with Crippen LogP contribution < -0.4 is 0 Å². The molecule has 0 amide bonds. The molecule has 18 heavy (non-hydrogen) atoms. The van der Waals surface area contributed by atoms with Crippen LogP contribution in [0.5, 0.6) is 0 Å². The molecule has 2 heteroatoms. The summed E-state index contributed by atoms with van der Waals surface area (Å²) >= 11 is 0. The monoisotopic (exact) mass is 253 g/mol. The van der Waals surface area contributed by atoms with Gasteiger partial charge in [-0.1, -0.05) is 58.3 Å². The number of carbonyl (C=O) groups is 1. The molecule has 1 aliphatic carbocycles. The maximum atomic E-state index is 11.4. The van der Waals surface area contributed by atoms with Crippen LogP contribution in [-0.2, 0) is 9.53 Å². The van der Waals surface area contributed by atoms with E-state index in [9.17, 15) is 4.79 Å². The summed E-state index contributed by atoms with van der Waals surface area (Å²) in [5.41, 5.74) is 0. The van der Waals surface area contributed by atoms with E-state index in [0.29, 0.717) is 6.61 Å². The van der Waals surface area contributed by atoms with Gasteiger partial charge in [-0.05, 0) is 25.2 Å². The molecule has 0 aromatic carbocycles. The normalized spacial score (nSPS) is 16.7. The van der Waals surface area contributed by atoms with Crippen molar-refractivity contribution in [2.75, 3.05) is 6.61 Å². The zero-order valence-corrected chi connectivity index (χ0v) is 12.0. The summed E-state index contributed by atoms with van der Waals surface area (Å²) < 4.78 is 5.18. The predicted octanol–water partition coefficient (Wildman–Crippen LogP) is 4.67. The van der Waals surface area contributed by atoms with E-state index in [1.54, 1.807) is 6.42 Å². The highest BCUT2D eigenvalue weighted by Crippen LogP contribution is 2.27. The highest BCUT2D eigenvalue weighted by atomic mass is 16.5. The molecule has 0 aromatic heterocycles. The molecular formula is C16H29O2. The second kappa shape index (κ2) is 10.4. The molecule has 1 aliphatic rings. The number of ether oxygens (including phenoxy) is 1. The number of unbranched alkanes of at least 4 members (excludes halogenated alkanes) is 3. The summed E-state index contributed by atoms with van der Waals surface area (Å²) in [6, 6.07) is 0. The first-order valence-corrected chi connectivity index (χ1v) is 7.83. The molecule has 1 radical (unpaired) electrons. The van der Waals surface area contributed by atoms with Crippen molar-refractivity contribution in [2.45, 2.75) is 77.6 Å². The lowest BCUT2D eigenvalue weighted by molar-refractivity contribution is -0.139. The van der Waals surface area contributed by atoms with Gasteiger partial charge in [0, 0.05) is 0 Å². The van der Waals surface area contributed by atoms with Gasteiger partial charge in [-0.25, -0.2) is 0 Å². The fraction of sp³-hybridized carbons (Fsp3) is 0.875. The third kappa shape index (κ3) is 7.73. The Bertz CT molecular complexity index is 207. The van der Waals surface area contributed by atoms with Gasteiger partial charge in [-0.3, -0.25) is 4.79 Å². The number of rotatable bonds is 9. The first-order chi connectivity index (χ1) is 8.83. The zero-order valence-electron chi connectivity index (χ0n) is 12.0. The first-order valence-electron chi connectivity index (χ1n) is 7.83. The molecule has 0 atom stereocenters. The van der Waals surface area contributed by atoms with Gasteiger partial charge in [0.05, 0.1) is 13.0 Å². The van der Waals surface area contributed by atoms with Gasteiger partial charge in [0.2, 0.25) is 0 Å². The highest BCUT2D eigenvalue weighted by Gasteiger charge is 2.13. The van der Waals surface area contributed by atoms with Crippen LogP contribution in [-0.4, -0.2) is 12.6 Å². The molecule has 0 unspecified atom stereocenters. The Balaban J connectivity index is 1.89. The fourth-order valence-electron chi connectivity index (χ4n) is 2.67. The predicted molar refractivity (Wildman–Crippen MR) is 75.2 cm³/mol. The Morgan fingerprint density at radius 1 is 1.17 bits per heavy atom. The van der Waals surface area contributed by atoms with E-state index in [1.807, 2.05) is 0 Å². The lowest BCUT2D eigenvalue weighted by Crippen LogP contribution is -2.10. The largest absolute Gasteiger partial charge is 0.465 e. The summed E-state index contributed by atoms with van der Waals surface area (Å²) in [5, 5.41) is 0. The summed E-state index contributed by atoms with van der Waals surface area (Å²) in [4.78, 5) is 11.4. The van der Waals surface area contributed by atoms with Crippen molar-refractivity contribution in [3.05, 3.63) is 6.42 Å². The topological polar surface area (TPSA) is 26.3 Å². The SMILES string of the molecule is CCCCCCOC(=O)[CH]CCC1CCCCC1. The highest BCUT2D eigenvalue weighted by molar-refractivity contribution is 5.78. The Morgan fingerprint density at radius 3 is 2.67 bits per heavy atom. The van der Waals surface area contributed by atoms with E-state index in [4.69, 9.17) is 4.74 Å². The average molecular weight is 253 g/mol. The quantitative estimate of drug-likeness (QED) is 0.441. The summed E-state index contributed by atoms with van der Waals surface area (Å²) in [6.07, 6.45) is 15.4. The van der Waals surface area contributed by atoms with Crippen molar-refractivity contribution in [2.24, 2.45) is 5.92 Å². The van der Waals surface area contributed by atoms with Crippen molar-refractivity contribution in [1.29, 1.82) is 0 Å². The molecule has 0 N–H and O–H groups in total. The molecule has 0 saturated heterocycles. The maximum Gasteiger partial charge on any atom is 0.309 e. The Morgan fingerprint density at radius 2 is 1.94 bits per heavy atom. The van der Waals surface area contributed by atoms with E-state index in [0.717, 1.165) is 18.8 Å². The van der Waals surface area contributed by atoms with Gasteiger partial charge in [0.1, 0.15) is 0 Å². The lowest BCUT2D eigenvalue weighted by Gasteiger charge is -2.20. The third-order valence-corrected chi connectivity index (χ3v) is 3.85. The number of esters is 1. The van der Waals surface area contributed by atoms with Gasteiger partial charge in [-0.15, -0.1) is 0 Å². The number of hydrogen-bond donors (Lipinski definition) is 0. The van der Waals surface area contributed by atoms with E-state index in [2.05, 4.69) is 6.92 Å². The lowest BCUT2D eigenvalue weighted by atomic mass is 9.86. The second-order valence-corrected chi connectivity index (χ2v) is 5.51. The van der Waals surface area contributed by atoms with E-state index < -0.39 is 0 Å². The summed E-state index contributed by atoms with van der Waals surface area (Å²) in [6.45, 7) is 2.78. The molecule has 1 fully saturated rings. The first kappa shape index (κ1) is 15.5. The van der Waals surface area contributed by atoms with Gasteiger partial charge in [0.25, 0.3) is 0 Å². The van der Waals surface area contributed by atoms with Gasteiger partial charge in [-0.2, -0.15) is 0 Å². The molecule has 1 rings (SSSR count). The summed E-state index contributed by atoms with van der Waals surface area (Å²) in [5.74, 6) is 0.745. The molecule has 105 valence electrons. The van der Waals surface area contributed by atoms with Crippen LogP contribution in [0.1, 0.15) is 77.6 Å². The van der Waals surface area contributed by atoms with Gasteiger partial charge < -0.3 is 4.74 Å². The minimum Gasteiger partial charge on any atom is -0.465 e. The van der Waals surface area contributed by atoms with Crippen molar-refractivity contribution in [3.8, 4) is 0 Å². The standard InChI is InChI=1S/C16H29O2/c1-2-3-4-8-14-18-16(17)13-9-12-15-10-6-5-7-11-15/h13,15H,2-12,14H2,1H3. The minimum absolute atomic E-state index is 0.109. The van der Waals surface area contributed by atoms with E-state index in [1.165, 1.54) is 57.8 Å². The van der Waals surface area contributed by atoms with Crippen molar-refractivity contribution >= 4 is 5.97 Å². The Hall–Kier alpha value is -0.530. The second-order valence-electron chi connectivity index (χ2n) is 5.51. The van der Waals surface area contributed by atoms with Crippen molar-refractivity contribution in [1.82, 2.24) is 0 Å². The van der Waals surface area contributed by atoms with E-state index >= 15 is 0 Å². The van der Waals surface area contributed by atoms with E-state index in [-0.39, 0.29) is 5.97 Å². The van der Waals surface area contributed by atoms with Crippen LogP contribution in [0.15, 0.2) is 0 Å². The molecule has 0 bridgehead atoms. The number of hydrogen-bond acceptors (Lipinski definition) is 2. The van der Waals surface area contributed by atoms with Crippen LogP contribution >= 0.6 is 0 Å². The van der Waals surface area contributed by atoms with Gasteiger partial charge >= 0.3 is 5.97 Å². The average Bonchev–Trinajstić information content (AvgIpc) is 2.40. The fourth-order valence-corrected chi connectivity index (χ4v) is 2.67. The van der Waals surface area contributed by atoms with Gasteiger partial charge in [0.15, 0.2) is 0 Å².